The highest BCUT2D eigenvalue weighted by Gasteiger charge is 2.20. The van der Waals surface area contributed by atoms with Crippen molar-refractivity contribution in [3.8, 4) is 0 Å². The molecule has 3 rings (SSSR count). The zero-order valence-corrected chi connectivity index (χ0v) is 16.3. The second-order valence-corrected chi connectivity index (χ2v) is 8.10. The van der Waals surface area contributed by atoms with Crippen LogP contribution in [-0.2, 0) is 16.6 Å². The van der Waals surface area contributed by atoms with Gasteiger partial charge in [0.05, 0.1) is 16.8 Å². The minimum atomic E-state index is -3.68. The van der Waals surface area contributed by atoms with E-state index in [1.165, 1.54) is 6.20 Å². The van der Waals surface area contributed by atoms with Crippen LogP contribution < -0.4 is 10.0 Å². The van der Waals surface area contributed by atoms with E-state index in [4.69, 9.17) is 0 Å². The molecule has 0 amide bonds. The Balaban J connectivity index is 1.72. The zero-order chi connectivity index (χ0) is 19.4. The van der Waals surface area contributed by atoms with Crippen molar-refractivity contribution in [2.24, 2.45) is 0 Å². The summed E-state index contributed by atoms with van der Waals surface area (Å²) in [5.74, 6) is 0.657. The molecule has 0 saturated heterocycles. The molecular weight excluding hydrogens is 360 g/mol. The van der Waals surface area contributed by atoms with Gasteiger partial charge in [-0.25, -0.2) is 13.4 Å². The summed E-state index contributed by atoms with van der Waals surface area (Å²) >= 11 is 0. The number of nitrogens with one attached hydrogen (secondary N) is 2. The molecule has 0 unspecified atom stereocenters. The number of hydrogen-bond donors (Lipinski definition) is 2. The molecular formula is C20H22N4O2S. The van der Waals surface area contributed by atoms with Gasteiger partial charge in [-0.1, -0.05) is 23.8 Å². The van der Waals surface area contributed by atoms with Gasteiger partial charge in [0.2, 0.25) is 0 Å². The van der Waals surface area contributed by atoms with Gasteiger partial charge in [0.15, 0.2) is 0 Å². The van der Waals surface area contributed by atoms with Crippen molar-refractivity contribution < 1.29 is 8.42 Å². The Morgan fingerprint density at radius 2 is 1.74 bits per heavy atom. The minimum absolute atomic E-state index is 0.312. The lowest BCUT2D eigenvalue weighted by atomic mass is 10.1. The molecule has 0 aliphatic rings. The fourth-order valence-corrected chi connectivity index (χ4v) is 4.55. The minimum Gasteiger partial charge on any atom is -0.366 e. The number of aryl methyl sites for hydroxylation is 3. The molecule has 140 valence electrons. The Morgan fingerprint density at radius 1 is 1.00 bits per heavy atom. The van der Waals surface area contributed by atoms with Gasteiger partial charge in [-0.3, -0.25) is 9.71 Å². The quantitative estimate of drug-likeness (QED) is 0.677. The maximum atomic E-state index is 12.8. The van der Waals surface area contributed by atoms with Crippen LogP contribution in [0.1, 0.15) is 22.3 Å². The largest absolute Gasteiger partial charge is 0.366 e. The molecule has 3 aromatic rings. The Morgan fingerprint density at radius 3 is 2.33 bits per heavy atom. The molecule has 0 fully saturated rings. The number of hydrogen-bond acceptors (Lipinski definition) is 5. The number of pyridine rings is 2. The standard InChI is InChI=1S/C20H22N4O2S/c1-14-9-15(2)20(16(3)10-14)27(25,26)24-18-6-7-19(23-13-18)22-12-17-5-4-8-21-11-17/h4-11,13,24H,12H2,1-3H3,(H,22,23). The van der Waals surface area contributed by atoms with Crippen LogP contribution >= 0.6 is 0 Å². The first kappa shape index (κ1) is 18.8. The van der Waals surface area contributed by atoms with Crippen LogP contribution in [0.15, 0.2) is 59.9 Å². The van der Waals surface area contributed by atoms with E-state index in [2.05, 4.69) is 20.0 Å². The molecule has 7 heteroatoms. The predicted molar refractivity (Wildman–Crippen MR) is 107 cm³/mol. The van der Waals surface area contributed by atoms with E-state index in [0.717, 1.165) is 22.3 Å². The third-order valence-electron chi connectivity index (χ3n) is 4.09. The maximum absolute atomic E-state index is 12.8. The van der Waals surface area contributed by atoms with Gasteiger partial charge >= 0.3 is 0 Å². The number of benzene rings is 1. The number of rotatable bonds is 6. The molecule has 2 aromatic heterocycles. The number of sulfonamides is 1. The van der Waals surface area contributed by atoms with Crippen molar-refractivity contribution in [1.82, 2.24) is 9.97 Å². The van der Waals surface area contributed by atoms with Gasteiger partial charge in [0.1, 0.15) is 5.82 Å². The summed E-state index contributed by atoms with van der Waals surface area (Å²) < 4.78 is 28.2. The molecule has 0 spiro atoms. The van der Waals surface area contributed by atoms with Gasteiger partial charge < -0.3 is 5.32 Å². The van der Waals surface area contributed by atoms with Crippen LogP contribution in [0.25, 0.3) is 0 Å². The summed E-state index contributed by atoms with van der Waals surface area (Å²) in [6.07, 6.45) is 5.00. The summed E-state index contributed by atoms with van der Waals surface area (Å²) in [7, 11) is -3.68. The van der Waals surface area contributed by atoms with Crippen molar-refractivity contribution in [3.63, 3.8) is 0 Å². The lowest BCUT2D eigenvalue weighted by Crippen LogP contribution is -2.16. The summed E-state index contributed by atoms with van der Waals surface area (Å²) in [4.78, 5) is 8.65. The lowest BCUT2D eigenvalue weighted by molar-refractivity contribution is 0.600. The second kappa shape index (κ2) is 7.75. The molecule has 0 aliphatic heterocycles. The van der Waals surface area contributed by atoms with Crippen LogP contribution in [0.3, 0.4) is 0 Å². The average molecular weight is 382 g/mol. The molecule has 2 heterocycles. The normalized spacial score (nSPS) is 11.2. The highest BCUT2D eigenvalue weighted by atomic mass is 32.2. The Kier molecular flexibility index (Phi) is 5.41. The van der Waals surface area contributed by atoms with Gasteiger partial charge in [0, 0.05) is 18.9 Å². The summed E-state index contributed by atoms with van der Waals surface area (Å²) in [6.45, 7) is 6.15. The first-order chi connectivity index (χ1) is 12.8. The van der Waals surface area contributed by atoms with Crippen molar-refractivity contribution in [1.29, 1.82) is 0 Å². The first-order valence-corrected chi connectivity index (χ1v) is 10.0. The van der Waals surface area contributed by atoms with Crippen LogP contribution in [0.5, 0.6) is 0 Å². The van der Waals surface area contributed by atoms with Gasteiger partial charge in [0.25, 0.3) is 10.0 Å². The first-order valence-electron chi connectivity index (χ1n) is 8.54. The highest BCUT2D eigenvalue weighted by Crippen LogP contribution is 2.24. The monoisotopic (exact) mass is 382 g/mol. The van der Waals surface area contributed by atoms with Crippen molar-refractivity contribution >= 4 is 21.5 Å². The summed E-state index contributed by atoms with van der Waals surface area (Å²) in [6, 6.07) is 11.0. The molecule has 1 aromatic carbocycles. The molecule has 6 nitrogen and oxygen atoms in total. The van der Waals surface area contributed by atoms with E-state index < -0.39 is 10.0 Å². The van der Waals surface area contributed by atoms with Crippen LogP contribution in [-0.4, -0.2) is 18.4 Å². The maximum Gasteiger partial charge on any atom is 0.262 e. The molecule has 0 bridgehead atoms. The van der Waals surface area contributed by atoms with E-state index in [1.54, 1.807) is 38.4 Å². The second-order valence-electron chi connectivity index (χ2n) is 6.48. The number of aromatic nitrogens is 2. The van der Waals surface area contributed by atoms with E-state index in [9.17, 15) is 8.42 Å². The third kappa shape index (κ3) is 4.62. The predicted octanol–water partition coefficient (Wildman–Crippen LogP) is 3.81. The average Bonchev–Trinajstić information content (AvgIpc) is 2.60. The van der Waals surface area contributed by atoms with Gasteiger partial charge in [-0.2, -0.15) is 0 Å². The van der Waals surface area contributed by atoms with E-state index >= 15 is 0 Å². The Bertz CT molecular complexity index is 1010. The number of nitrogens with zero attached hydrogens (tertiary/aromatic N) is 2. The molecule has 0 atom stereocenters. The fourth-order valence-electron chi connectivity index (χ4n) is 3.05. The third-order valence-corrected chi connectivity index (χ3v) is 5.77. The Labute approximate surface area is 159 Å². The van der Waals surface area contributed by atoms with Crippen molar-refractivity contribution in [3.05, 3.63) is 77.2 Å². The zero-order valence-electron chi connectivity index (χ0n) is 15.5. The van der Waals surface area contributed by atoms with E-state index in [-0.39, 0.29) is 0 Å². The van der Waals surface area contributed by atoms with Crippen molar-refractivity contribution in [2.45, 2.75) is 32.2 Å². The molecule has 27 heavy (non-hydrogen) atoms. The Hall–Kier alpha value is -2.93. The number of anilines is 2. The van der Waals surface area contributed by atoms with Gasteiger partial charge in [-0.05, 0) is 55.7 Å². The smallest absolute Gasteiger partial charge is 0.262 e. The fraction of sp³-hybridized carbons (Fsp3) is 0.200. The molecule has 0 saturated carbocycles. The molecule has 0 aliphatic carbocycles. The van der Waals surface area contributed by atoms with Gasteiger partial charge in [-0.15, -0.1) is 0 Å². The highest BCUT2D eigenvalue weighted by molar-refractivity contribution is 7.92. The molecule has 0 radical (unpaired) electrons. The summed E-state index contributed by atoms with van der Waals surface area (Å²) in [5, 5.41) is 3.18. The van der Waals surface area contributed by atoms with E-state index in [1.807, 2.05) is 31.2 Å². The van der Waals surface area contributed by atoms with E-state index in [0.29, 0.717) is 22.9 Å². The SMILES string of the molecule is Cc1cc(C)c(S(=O)(=O)Nc2ccc(NCc3cccnc3)nc2)c(C)c1. The summed E-state index contributed by atoms with van der Waals surface area (Å²) in [5.41, 5.74) is 3.94. The van der Waals surface area contributed by atoms with Crippen LogP contribution in [0.4, 0.5) is 11.5 Å². The topological polar surface area (TPSA) is 84.0 Å². The molecule has 2 N–H and O–H groups in total. The van der Waals surface area contributed by atoms with Crippen molar-refractivity contribution in [2.75, 3.05) is 10.0 Å². The lowest BCUT2D eigenvalue weighted by Gasteiger charge is -2.14. The van der Waals surface area contributed by atoms with Crippen LogP contribution in [0, 0.1) is 20.8 Å². The van der Waals surface area contributed by atoms with Crippen LogP contribution in [0.2, 0.25) is 0 Å².